The SMILES string of the molecule is CCOC(=O)C1=C(C)N=c2s/c(=C\c3ccccc3OCc3cccc(Cl)c3)c(=O)n2[C@H]1c1ccc(C)cc1. The molecule has 0 saturated heterocycles. The second-order valence-electron chi connectivity index (χ2n) is 9.17. The molecular formula is C31H27ClN2O4S. The van der Waals surface area contributed by atoms with E-state index in [1.807, 2.05) is 85.8 Å². The van der Waals surface area contributed by atoms with Gasteiger partial charge >= 0.3 is 5.97 Å². The first-order valence-corrected chi connectivity index (χ1v) is 13.8. The smallest absolute Gasteiger partial charge is 0.338 e. The number of fused-ring (bicyclic) bond motifs is 1. The van der Waals surface area contributed by atoms with E-state index in [4.69, 9.17) is 21.1 Å². The molecule has 0 N–H and O–H groups in total. The quantitative estimate of drug-likeness (QED) is 0.287. The number of carbonyl (C=O) groups is 1. The highest BCUT2D eigenvalue weighted by Crippen LogP contribution is 2.31. The van der Waals surface area contributed by atoms with Gasteiger partial charge in [0.15, 0.2) is 4.80 Å². The lowest BCUT2D eigenvalue weighted by molar-refractivity contribution is -0.139. The Hall–Kier alpha value is -3.94. The predicted molar refractivity (Wildman–Crippen MR) is 154 cm³/mol. The number of thiazole rings is 1. The lowest BCUT2D eigenvalue weighted by Gasteiger charge is -2.24. The topological polar surface area (TPSA) is 69.9 Å². The second kappa shape index (κ2) is 11.4. The lowest BCUT2D eigenvalue weighted by atomic mass is 9.95. The van der Waals surface area contributed by atoms with Gasteiger partial charge in [0.05, 0.1) is 28.5 Å². The molecule has 1 aromatic heterocycles. The fraction of sp³-hybridized carbons (Fsp3) is 0.194. The van der Waals surface area contributed by atoms with Crippen LogP contribution in [-0.2, 0) is 16.1 Å². The summed E-state index contributed by atoms with van der Waals surface area (Å²) in [6.45, 7) is 6.10. The molecule has 0 saturated carbocycles. The molecular weight excluding hydrogens is 532 g/mol. The molecule has 39 heavy (non-hydrogen) atoms. The predicted octanol–water partition coefficient (Wildman–Crippen LogP) is 5.34. The lowest BCUT2D eigenvalue weighted by Crippen LogP contribution is -2.39. The maximum Gasteiger partial charge on any atom is 0.338 e. The number of hydrogen-bond donors (Lipinski definition) is 0. The van der Waals surface area contributed by atoms with Gasteiger partial charge in [-0.1, -0.05) is 83.1 Å². The summed E-state index contributed by atoms with van der Waals surface area (Å²) in [5.41, 5.74) is 4.27. The minimum Gasteiger partial charge on any atom is -0.488 e. The molecule has 2 heterocycles. The van der Waals surface area contributed by atoms with E-state index in [2.05, 4.69) is 4.99 Å². The van der Waals surface area contributed by atoms with Gasteiger partial charge in [-0.3, -0.25) is 9.36 Å². The van der Waals surface area contributed by atoms with Crippen molar-refractivity contribution in [2.45, 2.75) is 33.4 Å². The van der Waals surface area contributed by atoms with Gasteiger partial charge in [0.2, 0.25) is 0 Å². The van der Waals surface area contributed by atoms with Crippen molar-refractivity contribution in [3.8, 4) is 5.75 Å². The number of halogens is 1. The molecule has 0 radical (unpaired) electrons. The Labute approximate surface area is 235 Å². The number of para-hydroxylation sites is 1. The van der Waals surface area contributed by atoms with Crippen molar-refractivity contribution >= 4 is 35.0 Å². The highest BCUT2D eigenvalue weighted by atomic mass is 35.5. The zero-order valence-electron chi connectivity index (χ0n) is 21.8. The van der Waals surface area contributed by atoms with Crippen LogP contribution in [0.15, 0.2) is 93.9 Å². The zero-order valence-corrected chi connectivity index (χ0v) is 23.4. The average Bonchev–Trinajstić information content (AvgIpc) is 3.22. The molecule has 0 fully saturated rings. The summed E-state index contributed by atoms with van der Waals surface area (Å²) in [6.07, 6.45) is 1.81. The van der Waals surface area contributed by atoms with Gasteiger partial charge in [0.25, 0.3) is 5.56 Å². The van der Waals surface area contributed by atoms with Crippen molar-refractivity contribution in [1.82, 2.24) is 4.57 Å². The van der Waals surface area contributed by atoms with Crippen LogP contribution in [0.1, 0.15) is 42.1 Å². The maximum atomic E-state index is 13.9. The van der Waals surface area contributed by atoms with Crippen LogP contribution in [0, 0.1) is 6.92 Å². The summed E-state index contributed by atoms with van der Waals surface area (Å²) in [5.74, 6) is 0.167. The minimum absolute atomic E-state index is 0.229. The number of carbonyl (C=O) groups excluding carboxylic acids is 1. The molecule has 0 unspecified atom stereocenters. The summed E-state index contributed by atoms with van der Waals surface area (Å²) in [7, 11) is 0. The van der Waals surface area contributed by atoms with Gasteiger partial charge in [0, 0.05) is 10.6 Å². The van der Waals surface area contributed by atoms with E-state index in [1.54, 1.807) is 18.4 Å². The first-order chi connectivity index (χ1) is 18.9. The molecule has 198 valence electrons. The van der Waals surface area contributed by atoms with Crippen molar-refractivity contribution in [2.24, 2.45) is 4.99 Å². The Morgan fingerprint density at radius 3 is 2.59 bits per heavy atom. The summed E-state index contributed by atoms with van der Waals surface area (Å²) in [6, 6.07) is 22.2. The van der Waals surface area contributed by atoms with Gasteiger partial charge in [-0.05, 0) is 56.2 Å². The molecule has 3 aromatic carbocycles. The summed E-state index contributed by atoms with van der Waals surface area (Å²) in [5, 5.41) is 0.645. The minimum atomic E-state index is -0.641. The molecule has 1 atom stereocenters. The van der Waals surface area contributed by atoms with Gasteiger partial charge in [-0.15, -0.1) is 0 Å². The molecule has 0 amide bonds. The highest BCUT2D eigenvalue weighted by Gasteiger charge is 2.33. The first kappa shape index (κ1) is 26.7. The Balaban J connectivity index is 1.59. The van der Waals surface area contributed by atoms with Crippen LogP contribution in [0.5, 0.6) is 5.75 Å². The van der Waals surface area contributed by atoms with Gasteiger partial charge in [-0.2, -0.15) is 0 Å². The first-order valence-electron chi connectivity index (χ1n) is 12.6. The van der Waals surface area contributed by atoms with E-state index < -0.39 is 12.0 Å². The number of esters is 1. The third-order valence-electron chi connectivity index (χ3n) is 6.40. The normalized spacial score (nSPS) is 15.1. The molecule has 1 aliphatic heterocycles. The number of aromatic nitrogens is 1. The fourth-order valence-electron chi connectivity index (χ4n) is 4.52. The summed E-state index contributed by atoms with van der Waals surface area (Å²) < 4.78 is 13.6. The molecule has 0 aliphatic carbocycles. The van der Waals surface area contributed by atoms with E-state index in [1.165, 1.54) is 11.3 Å². The Morgan fingerprint density at radius 2 is 1.85 bits per heavy atom. The van der Waals surface area contributed by atoms with Crippen molar-refractivity contribution in [3.63, 3.8) is 0 Å². The van der Waals surface area contributed by atoms with Crippen LogP contribution in [0.2, 0.25) is 5.02 Å². The molecule has 8 heteroatoms. The number of hydrogen-bond acceptors (Lipinski definition) is 6. The number of rotatable bonds is 7. The highest BCUT2D eigenvalue weighted by molar-refractivity contribution is 7.07. The van der Waals surface area contributed by atoms with Crippen LogP contribution in [-0.4, -0.2) is 17.1 Å². The van der Waals surface area contributed by atoms with E-state index >= 15 is 0 Å². The Kier molecular flexibility index (Phi) is 7.82. The Morgan fingerprint density at radius 1 is 1.08 bits per heavy atom. The van der Waals surface area contributed by atoms with E-state index in [9.17, 15) is 9.59 Å². The molecule has 6 nitrogen and oxygen atoms in total. The van der Waals surface area contributed by atoms with Gasteiger partial charge in [0.1, 0.15) is 12.4 Å². The fourth-order valence-corrected chi connectivity index (χ4v) is 5.77. The van der Waals surface area contributed by atoms with Crippen molar-refractivity contribution in [1.29, 1.82) is 0 Å². The summed E-state index contributed by atoms with van der Waals surface area (Å²) in [4.78, 5) is 32.1. The van der Waals surface area contributed by atoms with Crippen LogP contribution < -0.4 is 19.6 Å². The van der Waals surface area contributed by atoms with Crippen LogP contribution in [0.3, 0.4) is 0 Å². The molecule has 4 aromatic rings. The second-order valence-corrected chi connectivity index (χ2v) is 10.6. The average molecular weight is 559 g/mol. The summed E-state index contributed by atoms with van der Waals surface area (Å²) >= 11 is 7.40. The third-order valence-corrected chi connectivity index (χ3v) is 7.62. The number of nitrogens with zero attached hydrogens (tertiary/aromatic N) is 2. The largest absolute Gasteiger partial charge is 0.488 e. The molecule has 5 rings (SSSR count). The van der Waals surface area contributed by atoms with Gasteiger partial charge in [-0.25, -0.2) is 9.79 Å². The number of aryl methyl sites for hydroxylation is 1. The van der Waals surface area contributed by atoms with Crippen molar-refractivity contribution in [3.05, 3.63) is 131 Å². The molecule has 1 aliphatic rings. The Bertz CT molecular complexity index is 1750. The van der Waals surface area contributed by atoms with Crippen LogP contribution in [0.4, 0.5) is 0 Å². The van der Waals surface area contributed by atoms with Crippen molar-refractivity contribution < 1.29 is 14.3 Å². The maximum absolute atomic E-state index is 13.9. The van der Waals surface area contributed by atoms with Gasteiger partial charge < -0.3 is 9.47 Å². The molecule has 0 bridgehead atoms. The van der Waals surface area contributed by atoms with E-state index in [-0.39, 0.29) is 12.2 Å². The van der Waals surface area contributed by atoms with E-state index in [0.717, 1.165) is 22.3 Å². The van der Waals surface area contributed by atoms with Crippen LogP contribution >= 0.6 is 22.9 Å². The monoisotopic (exact) mass is 558 g/mol. The van der Waals surface area contributed by atoms with Crippen LogP contribution in [0.25, 0.3) is 6.08 Å². The number of allylic oxidation sites excluding steroid dienone is 1. The molecule has 0 spiro atoms. The van der Waals surface area contributed by atoms with Crippen molar-refractivity contribution in [2.75, 3.05) is 6.61 Å². The third kappa shape index (κ3) is 5.60. The zero-order chi connectivity index (χ0) is 27.5. The van der Waals surface area contributed by atoms with E-state index in [0.29, 0.717) is 38.0 Å². The number of benzene rings is 3. The standard InChI is InChI=1S/C31H27ClN2O4S/c1-4-37-30(36)27-20(3)33-31-34(28(27)22-14-12-19(2)13-15-22)29(35)26(39-31)17-23-9-5-6-11-25(23)38-18-21-8-7-10-24(32)16-21/h5-17,28H,4,18H2,1-3H3/b26-17-/t28-/m0/s1. The number of ether oxygens (including phenoxy) is 2.